The molecule has 3 heterocycles. The van der Waals surface area contributed by atoms with E-state index < -0.39 is 11.7 Å². The van der Waals surface area contributed by atoms with Crippen LogP contribution in [0, 0.1) is 5.82 Å². The van der Waals surface area contributed by atoms with Crippen LogP contribution in [0.1, 0.15) is 12.8 Å². The van der Waals surface area contributed by atoms with Gasteiger partial charge in [0.25, 0.3) is 11.8 Å². The van der Waals surface area contributed by atoms with E-state index in [1.807, 2.05) is 34.3 Å². The molecule has 0 spiro atoms. The number of amides is 2. The molecule has 0 aliphatic carbocycles. The lowest BCUT2D eigenvalue weighted by Crippen LogP contribution is -2.48. The van der Waals surface area contributed by atoms with Gasteiger partial charge in [0, 0.05) is 19.2 Å². The summed E-state index contributed by atoms with van der Waals surface area (Å²) >= 11 is 0. The minimum atomic E-state index is -0.408. The van der Waals surface area contributed by atoms with Crippen LogP contribution in [0.25, 0.3) is 0 Å². The van der Waals surface area contributed by atoms with Crippen LogP contribution >= 0.6 is 0 Å². The molecule has 0 bridgehead atoms. The minimum Gasteiger partial charge on any atom is -0.367 e. The van der Waals surface area contributed by atoms with E-state index in [0.29, 0.717) is 24.5 Å². The van der Waals surface area contributed by atoms with Crippen molar-refractivity contribution in [1.82, 2.24) is 10.0 Å². The zero-order chi connectivity index (χ0) is 20.0. The highest BCUT2D eigenvalue weighted by atomic mass is 19.1. The van der Waals surface area contributed by atoms with Crippen LogP contribution < -0.4 is 15.8 Å². The molecular weight excluding hydrogens is 373 g/mol. The third-order valence-electron chi connectivity index (χ3n) is 5.57. The van der Waals surface area contributed by atoms with Crippen molar-refractivity contribution in [3.8, 4) is 0 Å². The van der Waals surface area contributed by atoms with Crippen LogP contribution in [-0.4, -0.2) is 41.0 Å². The van der Waals surface area contributed by atoms with E-state index in [1.165, 1.54) is 30.3 Å². The number of hydrogen-bond donors (Lipinski definition) is 2. The van der Waals surface area contributed by atoms with Crippen molar-refractivity contribution in [3.05, 3.63) is 66.1 Å². The van der Waals surface area contributed by atoms with E-state index in [-0.39, 0.29) is 11.9 Å². The van der Waals surface area contributed by atoms with Crippen LogP contribution in [0.3, 0.4) is 0 Å². The number of nitrogens with one attached hydrogen (secondary N) is 2. The lowest BCUT2D eigenvalue weighted by molar-refractivity contribution is -0.121. The number of para-hydroxylation sites is 2. The molecule has 3 aliphatic heterocycles. The standard InChI is InChI=1S/C21H20FN5O2/c22-14-5-7-15(8-6-14)26-20(28)13-19(21(26)29)25-11-9-16(10-12-25)27-23-17-3-1-2-4-18(17)24-27/h1-8,13,16,23-24H,9-12H2. The maximum atomic E-state index is 13.2. The summed E-state index contributed by atoms with van der Waals surface area (Å²) < 4.78 is 13.2. The summed E-state index contributed by atoms with van der Waals surface area (Å²) in [7, 11) is 0. The van der Waals surface area contributed by atoms with Gasteiger partial charge in [0.1, 0.15) is 11.5 Å². The Morgan fingerprint density at radius 3 is 2.14 bits per heavy atom. The van der Waals surface area contributed by atoms with Crippen molar-refractivity contribution in [1.29, 1.82) is 0 Å². The number of nitrogens with zero attached hydrogens (tertiary/aromatic N) is 3. The van der Waals surface area contributed by atoms with Crippen LogP contribution in [0.15, 0.2) is 60.3 Å². The quantitative estimate of drug-likeness (QED) is 0.782. The lowest BCUT2D eigenvalue weighted by Gasteiger charge is -2.37. The van der Waals surface area contributed by atoms with Gasteiger partial charge >= 0.3 is 0 Å². The summed E-state index contributed by atoms with van der Waals surface area (Å²) in [5.74, 6) is -1.16. The van der Waals surface area contributed by atoms with Crippen LogP contribution in [0.5, 0.6) is 0 Å². The van der Waals surface area contributed by atoms with E-state index in [1.54, 1.807) is 0 Å². The fourth-order valence-corrected chi connectivity index (χ4v) is 4.03. The summed E-state index contributed by atoms with van der Waals surface area (Å²) in [6.07, 6.45) is 3.06. The normalized spacial score (nSPS) is 19.8. The van der Waals surface area contributed by atoms with Gasteiger partial charge in [-0.3, -0.25) is 20.4 Å². The average Bonchev–Trinajstić information content (AvgIpc) is 3.30. The number of rotatable bonds is 3. The van der Waals surface area contributed by atoms with Crippen molar-refractivity contribution in [3.63, 3.8) is 0 Å². The first kappa shape index (κ1) is 17.7. The van der Waals surface area contributed by atoms with Crippen molar-refractivity contribution in [2.24, 2.45) is 0 Å². The number of halogens is 1. The molecule has 3 aliphatic rings. The van der Waals surface area contributed by atoms with Crippen molar-refractivity contribution in [2.75, 3.05) is 28.8 Å². The van der Waals surface area contributed by atoms with Crippen molar-refractivity contribution in [2.45, 2.75) is 18.9 Å². The molecule has 2 aromatic rings. The first-order chi connectivity index (χ1) is 14.1. The summed E-state index contributed by atoms with van der Waals surface area (Å²) in [6.45, 7) is 1.34. The lowest BCUT2D eigenvalue weighted by atomic mass is 10.0. The number of fused-ring (bicyclic) bond motifs is 1. The number of carbonyl (C=O) groups excluding carboxylic acids is 2. The molecule has 2 N–H and O–H groups in total. The molecule has 0 aromatic heterocycles. The van der Waals surface area contributed by atoms with Gasteiger partial charge in [0.15, 0.2) is 0 Å². The van der Waals surface area contributed by atoms with Crippen LogP contribution in [0.4, 0.5) is 21.5 Å². The number of benzene rings is 2. The summed E-state index contributed by atoms with van der Waals surface area (Å²) in [4.78, 5) is 28.3. The van der Waals surface area contributed by atoms with Gasteiger partial charge in [-0.25, -0.2) is 9.29 Å². The number of hydrogen-bond acceptors (Lipinski definition) is 6. The fraction of sp³-hybridized carbons (Fsp3) is 0.238. The Hall–Kier alpha value is -3.39. The Bertz CT molecular complexity index is 973. The second-order valence-corrected chi connectivity index (χ2v) is 7.34. The minimum absolute atomic E-state index is 0.264. The van der Waals surface area contributed by atoms with Gasteiger partial charge in [-0.05, 0) is 49.2 Å². The maximum absolute atomic E-state index is 13.2. The number of piperidine rings is 1. The average molecular weight is 393 g/mol. The monoisotopic (exact) mass is 393 g/mol. The summed E-state index contributed by atoms with van der Waals surface area (Å²) in [5, 5.41) is 2.02. The SMILES string of the molecule is O=C1C=C(N2CCC(N3Nc4ccccc4N3)CC2)C(=O)N1c1ccc(F)cc1. The van der Waals surface area contributed by atoms with E-state index in [0.717, 1.165) is 29.1 Å². The smallest absolute Gasteiger partial charge is 0.281 e. The summed E-state index contributed by atoms with van der Waals surface area (Å²) in [5.41, 5.74) is 9.61. The van der Waals surface area contributed by atoms with Gasteiger partial charge in [-0.2, -0.15) is 0 Å². The fourth-order valence-electron chi connectivity index (χ4n) is 4.03. The van der Waals surface area contributed by atoms with Gasteiger partial charge in [-0.15, -0.1) is 5.12 Å². The highest BCUT2D eigenvalue weighted by Crippen LogP contribution is 2.32. The zero-order valence-electron chi connectivity index (χ0n) is 15.6. The van der Waals surface area contributed by atoms with Gasteiger partial charge in [0.2, 0.25) is 0 Å². The predicted molar refractivity (Wildman–Crippen MR) is 107 cm³/mol. The Morgan fingerprint density at radius 1 is 0.897 bits per heavy atom. The van der Waals surface area contributed by atoms with Gasteiger partial charge < -0.3 is 4.90 Å². The van der Waals surface area contributed by atoms with Crippen molar-refractivity contribution >= 4 is 28.9 Å². The largest absolute Gasteiger partial charge is 0.367 e. The molecular formula is C21H20FN5O2. The Morgan fingerprint density at radius 2 is 1.52 bits per heavy atom. The molecule has 1 fully saturated rings. The molecule has 2 amide bonds. The maximum Gasteiger partial charge on any atom is 0.281 e. The molecule has 0 unspecified atom stereocenters. The third kappa shape index (κ3) is 3.11. The number of hydrazine groups is 2. The molecule has 1 saturated heterocycles. The molecule has 8 heteroatoms. The second-order valence-electron chi connectivity index (χ2n) is 7.34. The molecule has 7 nitrogen and oxygen atoms in total. The molecule has 148 valence electrons. The molecule has 0 atom stereocenters. The first-order valence-corrected chi connectivity index (χ1v) is 9.62. The van der Waals surface area contributed by atoms with Crippen LogP contribution in [0.2, 0.25) is 0 Å². The Balaban J connectivity index is 1.23. The topological polar surface area (TPSA) is 67.9 Å². The Kier molecular flexibility index (Phi) is 4.21. The second kappa shape index (κ2) is 6.89. The predicted octanol–water partition coefficient (Wildman–Crippen LogP) is 2.72. The molecule has 0 radical (unpaired) electrons. The van der Waals surface area contributed by atoms with Crippen molar-refractivity contribution < 1.29 is 14.0 Å². The van der Waals surface area contributed by atoms with Gasteiger partial charge in [-0.1, -0.05) is 12.1 Å². The molecule has 29 heavy (non-hydrogen) atoms. The third-order valence-corrected chi connectivity index (χ3v) is 5.57. The van der Waals surface area contributed by atoms with E-state index in [2.05, 4.69) is 10.9 Å². The Labute approximate surface area is 167 Å². The molecule has 0 saturated carbocycles. The van der Waals surface area contributed by atoms with Crippen LogP contribution in [-0.2, 0) is 9.59 Å². The number of anilines is 3. The van der Waals surface area contributed by atoms with E-state index >= 15 is 0 Å². The first-order valence-electron chi connectivity index (χ1n) is 9.62. The van der Waals surface area contributed by atoms with Gasteiger partial charge in [0.05, 0.1) is 23.1 Å². The summed E-state index contributed by atoms with van der Waals surface area (Å²) in [6, 6.07) is 13.7. The van der Waals surface area contributed by atoms with E-state index in [9.17, 15) is 14.0 Å². The highest BCUT2D eigenvalue weighted by Gasteiger charge is 2.37. The molecule has 2 aromatic carbocycles. The zero-order valence-corrected chi connectivity index (χ0v) is 15.6. The number of likely N-dealkylation sites (tertiary alicyclic amines) is 1. The highest BCUT2D eigenvalue weighted by molar-refractivity contribution is 6.30. The number of imide groups is 1. The number of carbonyl (C=O) groups is 2. The molecule has 5 rings (SSSR count). The van der Waals surface area contributed by atoms with E-state index in [4.69, 9.17) is 0 Å².